The number of aromatic nitrogens is 4. The Hall–Kier alpha value is -4.11. The fraction of sp³-hybridized carbons (Fsp3) is 0.259. The van der Waals surface area contributed by atoms with E-state index in [9.17, 15) is 9.59 Å². The summed E-state index contributed by atoms with van der Waals surface area (Å²) in [6.45, 7) is 0.854. The van der Waals surface area contributed by atoms with Crippen LogP contribution in [0.2, 0.25) is 5.15 Å². The number of hydrogen-bond acceptors (Lipinski definition) is 5. The molecule has 4 aromatic rings. The molecule has 0 saturated carbocycles. The minimum Gasteiger partial charge on any atom is -0.489 e. The van der Waals surface area contributed by atoms with Crippen molar-refractivity contribution in [2.24, 2.45) is 7.05 Å². The van der Waals surface area contributed by atoms with Gasteiger partial charge >= 0.3 is 0 Å². The van der Waals surface area contributed by atoms with Crippen LogP contribution >= 0.6 is 11.6 Å². The van der Waals surface area contributed by atoms with Crippen molar-refractivity contribution in [3.8, 4) is 17.1 Å². The molecule has 188 valence electrons. The Morgan fingerprint density at radius 3 is 2.68 bits per heavy atom. The first kappa shape index (κ1) is 23.3. The first-order valence-corrected chi connectivity index (χ1v) is 12.4. The van der Waals surface area contributed by atoms with E-state index in [0.717, 1.165) is 22.5 Å². The zero-order valence-corrected chi connectivity index (χ0v) is 21.2. The summed E-state index contributed by atoms with van der Waals surface area (Å²) >= 11 is 6.62. The van der Waals surface area contributed by atoms with Crippen molar-refractivity contribution in [1.82, 2.24) is 24.2 Å². The van der Waals surface area contributed by atoms with Crippen molar-refractivity contribution in [3.63, 3.8) is 0 Å². The van der Waals surface area contributed by atoms with Gasteiger partial charge in [0.1, 0.15) is 29.4 Å². The first-order chi connectivity index (χ1) is 17.9. The van der Waals surface area contributed by atoms with Gasteiger partial charge < -0.3 is 19.1 Å². The summed E-state index contributed by atoms with van der Waals surface area (Å²) in [7, 11) is 3.62. The molecule has 2 aromatic carbocycles. The van der Waals surface area contributed by atoms with Gasteiger partial charge in [-0.2, -0.15) is 5.10 Å². The van der Waals surface area contributed by atoms with E-state index in [1.54, 1.807) is 27.7 Å². The van der Waals surface area contributed by atoms with Crippen molar-refractivity contribution >= 4 is 29.1 Å². The van der Waals surface area contributed by atoms with Gasteiger partial charge in [-0.15, -0.1) is 0 Å². The van der Waals surface area contributed by atoms with Crippen molar-refractivity contribution in [1.29, 1.82) is 0 Å². The number of halogens is 1. The predicted octanol–water partition coefficient (Wildman–Crippen LogP) is 3.41. The molecule has 0 radical (unpaired) electrons. The topological polar surface area (TPSA) is 85.5 Å². The molecular formula is C27H25ClN6O3. The van der Waals surface area contributed by atoms with Gasteiger partial charge in [0.2, 0.25) is 0 Å². The fourth-order valence-corrected chi connectivity index (χ4v) is 5.28. The second-order valence-electron chi connectivity index (χ2n) is 9.28. The van der Waals surface area contributed by atoms with Gasteiger partial charge in [0.25, 0.3) is 11.8 Å². The van der Waals surface area contributed by atoms with Crippen LogP contribution in [-0.2, 0) is 24.8 Å². The SMILES string of the molecule is CN1C(=O)[C@@H](N2CCc3c(nn(Cc4ccccc4)c3Cl)C2=O)COc2cc(-c3nccn3C)ccc21. The number of rotatable bonds is 4. The summed E-state index contributed by atoms with van der Waals surface area (Å²) in [5.41, 5.74) is 3.57. The minimum atomic E-state index is -0.785. The number of benzene rings is 2. The van der Waals surface area contributed by atoms with Gasteiger partial charge in [-0.25, -0.2) is 9.67 Å². The number of carbonyl (C=O) groups is 2. The molecule has 0 aliphatic carbocycles. The minimum absolute atomic E-state index is 0.0414. The summed E-state index contributed by atoms with van der Waals surface area (Å²) in [6.07, 6.45) is 4.12. The second kappa shape index (κ2) is 9.08. The van der Waals surface area contributed by atoms with E-state index in [4.69, 9.17) is 16.3 Å². The number of hydrogen-bond donors (Lipinski definition) is 0. The maximum absolute atomic E-state index is 13.6. The van der Waals surface area contributed by atoms with E-state index in [-0.39, 0.29) is 18.4 Å². The summed E-state index contributed by atoms with van der Waals surface area (Å²) < 4.78 is 9.70. The van der Waals surface area contributed by atoms with Crippen LogP contribution in [-0.4, -0.2) is 62.3 Å². The standard InChI is InChI=1S/C27H25ClN6O3/c1-31-13-11-29-25(31)18-8-9-20-22(14-18)37-16-21(26(35)32(20)2)33-12-10-19-23(27(33)36)30-34(24(19)28)15-17-6-4-3-5-7-17/h3-9,11,13-14,21H,10,12,15-16H2,1-2H3/t21-/m0/s1. The Labute approximate surface area is 218 Å². The van der Waals surface area contributed by atoms with Crippen LogP contribution < -0.4 is 9.64 Å². The largest absolute Gasteiger partial charge is 0.489 e. The molecule has 0 saturated heterocycles. The van der Waals surface area contributed by atoms with Crippen molar-refractivity contribution in [3.05, 3.63) is 82.9 Å². The molecule has 2 aromatic heterocycles. The fourth-order valence-electron chi connectivity index (χ4n) is 5.00. The van der Waals surface area contributed by atoms with Crippen molar-refractivity contribution in [2.45, 2.75) is 19.0 Å². The van der Waals surface area contributed by atoms with E-state index in [0.29, 0.717) is 41.8 Å². The molecule has 2 amide bonds. The van der Waals surface area contributed by atoms with Crippen molar-refractivity contribution < 1.29 is 14.3 Å². The van der Waals surface area contributed by atoms with Gasteiger partial charge in [-0.1, -0.05) is 41.9 Å². The third kappa shape index (κ3) is 3.95. The van der Waals surface area contributed by atoms with E-state index in [1.165, 1.54) is 0 Å². The third-order valence-electron chi connectivity index (χ3n) is 7.01. The molecule has 4 heterocycles. The van der Waals surface area contributed by atoms with E-state index < -0.39 is 6.04 Å². The number of amides is 2. The Balaban J connectivity index is 1.27. The number of imidazole rings is 1. The molecule has 9 nitrogen and oxygen atoms in total. The molecular weight excluding hydrogens is 492 g/mol. The van der Waals surface area contributed by atoms with Crippen molar-refractivity contribution in [2.75, 3.05) is 25.1 Å². The van der Waals surface area contributed by atoms with E-state index >= 15 is 0 Å². The average molecular weight is 517 g/mol. The number of nitrogens with zero attached hydrogens (tertiary/aromatic N) is 6. The number of anilines is 1. The average Bonchev–Trinajstić information content (AvgIpc) is 3.45. The highest BCUT2D eigenvalue weighted by molar-refractivity contribution is 6.31. The molecule has 0 bridgehead atoms. The quantitative estimate of drug-likeness (QED) is 0.415. The van der Waals surface area contributed by atoms with E-state index in [1.807, 2.05) is 66.3 Å². The van der Waals surface area contributed by atoms with E-state index in [2.05, 4.69) is 10.1 Å². The van der Waals surface area contributed by atoms with Crippen LogP contribution in [0, 0.1) is 0 Å². The molecule has 0 fully saturated rings. The number of ether oxygens (including phenoxy) is 1. The highest BCUT2D eigenvalue weighted by atomic mass is 35.5. The van der Waals surface area contributed by atoms with Crippen LogP contribution in [0.5, 0.6) is 5.75 Å². The first-order valence-electron chi connectivity index (χ1n) is 12.0. The monoisotopic (exact) mass is 516 g/mol. The molecule has 0 spiro atoms. The Kier molecular flexibility index (Phi) is 5.72. The number of carbonyl (C=O) groups excluding carboxylic acids is 2. The maximum Gasteiger partial charge on any atom is 0.275 e. The normalized spacial score (nSPS) is 17.3. The zero-order valence-electron chi connectivity index (χ0n) is 20.5. The van der Waals surface area contributed by atoms with Gasteiger partial charge in [0.05, 0.1) is 12.2 Å². The van der Waals surface area contributed by atoms with Crippen LogP contribution in [0.3, 0.4) is 0 Å². The zero-order chi connectivity index (χ0) is 25.7. The number of fused-ring (bicyclic) bond motifs is 2. The Bertz CT molecular complexity index is 1510. The molecule has 10 heteroatoms. The third-order valence-corrected chi connectivity index (χ3v) is 7.44. The highest BCUT2D eigenvalue weighted by Crippen LogP contribution is 2.36. The molecule has 37 heavy (non-hydrogen) atoms. The second-order valence-corrected chi connectivity index (χ2v) is 9.64. The summed E-state index contributed by atoms with van der Waals surface area (Å²) in [5, 5.41) is 5.01. The van der Waals surface area contributed by atoms with Gasteiger partial charge in [-0.3, -0.25) is 9.59 Å². The van der Waals surface area contributed by atoms with Crippen LogP contribution in [0.15, 0.2) is 60.9 Å². The molecule has 2 aliphatic rings. The highest BCUT2D eigenvalue weighted by Gasteiger charge is 2.41. The smallest absolute Gasteiger partial charge is 0.275 e. The number of aryl methyl sites for hydroxylation is 1. The number of likely N-dealkylation sites (N-methyl/N-ethyl adjacent to an activating group) is 1. The molecule has 2 aliphatic heterocycles. The molecule has 0 unspecified atom stereocenters. The van der Waals surface area contributed by atoms with Gasteiger partial charge in [0, 0.05) is 44.2 Å². The lowest BCUT2D eigenvalue weighted by atomic mass is 10.0. The van der Waals surface area contributed by atoms with Gasteiger partial charge in [-0.05, 0) is 30.2 Å². The maximum atomic E-state index is 13.6. The Morgan fingerprint density at radius 1 is 1.11 bits per heavy atom. The lowest BCUT2D eigenvalue weighted by Gasteiger charge is -2.33. The lowest BCUT2D eigenvalue weighted by Crippen LogP contribution is -2.54. The molecule has 6 rings (SSSR count). The summed E-state index contributed by atoms with van der Waals surface area (Å²) in [6, 6.07) is 14.7. The Morgan fingerprint density at radius 2 is 1.92 bits per heavy atom. The predicted molar refractivity (Wildman–Crippen MR) is 139 cm³/mol. The van der Waals surface area contributed by atoms with Crippen LogP contribution in [0.25, 0.3) is 11.4 Å². The lowest BCUT2D eigenvalue weighted by molar-refractivity contribution is -0.123. The summed E-state index contributed by atoms with van der Waals surface area (Å²) in [4.78, 5) is 34.6. The van der Waals surface area contributed by atoms with Crippen LogP contribution in [0.1, 0.15) is 21.6 Å². The summed E-state index contributed by atoms with van der Waals surface area (Å²) in [5.74, 6) is 0.835. The molecule has 0 N–H and O–H groups in total. The van der Waals surface area contributed by atoms with Gasteiger partial charge in [0.15, 0.2) is 5.69 Å². The van der Waals surface area contributed by atoms with Crippen LogP contribution in [0.4, 0.5) is 5.69 Å². The molecule has 1 atom stereocenters.